The van der Waals surface area contributed by atoms with Crippen molar-refractivity contribution in [2.75, 3.05) is 0 Å². The van der Waals surface area contributed by atoms with Crippen molar-refractivity contribution in [2.45, 2.75) is 91.0 Å². The van der Waals surface area contributed by atoms with Gasteiger partial charge < -0.3 is 10.8 Å². The Balaban J connectivity index is 0. The highest BCUT2D eigenvalue weighted by molar-refractivity contribution is 5.72. The van der Waals surface area contributed by atoms with Gasteiger partial charge in [-0.1, -0.05) is 78.1 Å². The van der Waals surface area contributed by atoms with Crippen molar-refractivity contribution in [1.82, 2.24) is 0 Å². The minimum Gasteiger partial charge on any atom is -0.480 e. The molecular formula is C15H33NO2. The van der Waals surface area contributed by atoms with E-state index in [2.05, 4.69) is 13.8 Å². The fraction of sp³-hybridized carbons (Fsp3) is 0.933. The van der Waals surface area contributed by atoms with Crippen LogP contribution >= 0.6 is 0 Å². The monoisotopic (exact) mass is 259 g/mol. The zero-order chi connectivity index (χ0) is 14.2. The first-order valence-corrected chi connectivity index (χ1v) is 7.54. The van der Waals surface area contributed by atoms with Crippen molar-refractivity contribution >= 4 is 5.97 Å². The highest BCUT2D eigenvalue weighted by Gasteiger charge is 1.99. The number of carboxylic acid groups (broad SMARTS) is 1. The molecule has 0 amide bonds. The van der Waals surface area contributed by atoms with Gasteiger partial charge in [-0.15, -0.1) is 0 Å². The van der Waals surface area contributed by atoms with E-state index in [0.29, 0.717) is 0 Å². The molecule has 0 aromatic heterocycles. The smallest absolute Gasteiger partial charge is 0.320 e. The number of carbonyl (C=O) groups is 1. The Labute approximate surface area is 113 Å². The summed E-state index contributed by atoms with van der Waals surface area (Å²) in [7, 11) is 0. The average Bonchev–Trinajstić information content (AvgIpc) is 2.33. The molecule has 3 heteroatoms. The average molecular weight is 259 g/mol. The zero-order valence-electron chi connectivity index (χ0n) is 12.6. The summed E-state index contributed by atoms with van der Waals surface area (Å²) in [5, 5.41) is 7.87. The molecule has 0 aromatic carbocycles. The van der Waals surface area contributed by atoms with Crippen molar-refractivity contribution in [3.63, 3.8) is 0 Å². The lowest BCUT2D eigenvalue weighted by Gasteiger charge is -1.99. The Morgan fingerprint density at radius 2 is 1.11 bits per heavy atom. The molecule has 0 fully saturated rings. The third kappa shape index (κ3) is 20.8. The van der Waals surface area contributed by atoms with Crippen molar-refractivity contribution < 1.29 is 9.90 Å². The molecule has 110 valence electrons. The summed E-state index contributed by atoms with van der Waals surface area (Å²) >= 11 is 0. The van der Waals surface area contributed by atoms with E-state index in [1.54, 1.807) is 0 Å². The summed E-state index contributed by atoms with van der Waals surface area (Å²) in [6.07, 6.45) is 14.4. The zero-order valence-corrected chi connectivity index (χ0v) is 12.6. The third-order valence-corrected chi connectivity index (χ3v) is 2.85. The summed E-state index contributed by atoms with van der Waals surface area (Å²) in [5.41, 5.74) is 4.84. The van der Waals surface area contributed by atoms with E-state index < -0.39 is 12.0 Å². The molecule has 0 aromatic rings. The topological polar surface area (TPSA) is 63.3 Å². The maximum absolute atomic E-state index is 9.57. The Morgan fingerprint density at radius 3 is 1.28 bits per heavy atom. The van der Waals surface area contributed by atoms with Gasteiger partial charge in [-0.2, -0.15) is 0 Å². The highest BCUT2D eigenvalue weighted by Crippen LogP contribution is 2.09. The molecule has 0 radical (unpaired) electrons. The van der Waals surface area contributed by atoms with E-state index >= 15 is 0 Å². The molecule has 0 spiro atoms. The van der Waals surface area contributed by atoms with Crippen LogP contribution in [0.15, 0.2) is 0 Å². The van der Waals surface area contributed by atoms with Crippen LogP contribution in [-0.4, -0.2) is 17.1 Å². The number of hydrogen-bond donors (Lipinski definition) is 2. The minimum atomic E-state index is -0.963. The Hall–Kier alpha value is -0.570. The van der Waals surface area contributed by atoms with Crippen LogP contribution in [0.4, 0.5) is 0 Å². The van der Waals surface area contributed by atoms with Gasteiger partial charge in [-0.25, -0.2) is 0 Å². The molecule has 18 heavy (non-hydrogen) atoms. The standard InChI is InChI=1S/C12H26.C3H7NO2/c1-3-5-7-9-11-12-10-8-6-4-2;1-2(4)3(5)6/h3-12H2,1-2H3;2H,4H2,1H3,(H,5,6). The third-order valence-electron chi connectivity index (χ3n) is 2.85. The first-order chi connectivity index (χ1) is 8.56. The van der Waals surface area contributed by atoms with Crippen molar-refractivity contribution in [2.24, 2.45) is 5.73 Å². The second-order valence-electron chi connectivity index (χ2n) is 4.96. The number of hydrogen-bond acceptors (Lipinski definition) is 2. The van der Waals surface area contributed by atoms with Crippen LogP contribution in [0, 0.1) is 0 Å². The second-order valence-corrected chi connectivity index (χ2v) is 4.96. The number of aliphatic carboxylic acids is 1. The predicted molar refractivity (Wildman–Crippen MR) is 78.8 cm³/mol. The number of unbranched alkanes of at least 4 members (excludes halogenated alkanes) is 9. The SMILES string of the molecule is CC(N)C(=O)O.CCCCCCCCCCCC. The van der Waals surface area contributed by atoms with Crippen LogP contribution in [0.3, 0.4) is 0 Å². The van der Waals surface area contributed by atoms with Gasteiger partial charge in [0, 0.05) is 0 Å². The Kier molecular flexibility index (Phi) is 18.0. The molecule has 3 N–H and O–H groups in total. The van der Waals surface area contributed by atoms with Crippen molar-refractivity contribution in [3.8, 4) is 0 Å². The van der Waals surface area contributed by atoms with Crippen LogP contribution in [-0.2, 0) is 4.79 Å². The lowest BCUT2D eigenvalue weighted by Crippen LogP contribution is -2.25. The normalized spacial score (nSPS) is 11.6. The summed E-state index contributed by atoms with van der Waals surface area (Å²) in [6.45, 7) is 5.98. The van der Waals surface area contributed by atoms with E-state index in [-0.39, 0.29) is 0 Å². The molecule has 3 nitrogen and oxygen atoms in total. The van der Waals surface area contributed by atoms with E-state index in [9.17, 15) is 4.79 Å². The molecule has 0 aliphatic carbocycles. The maximum Gasteiger partial charge on any atom is 0.320 e. The molecule has 0 bridgehead atoms. The Bertz CT molecular complexity index is 160. The number of rotatable bonds is 10. The lowest BCUT2D eigenvalue weighted by atomic mass is 10.1. The highest BCUT2D eigenvalue weighted by atomic mass is 16.4. The molecule has 1 atom stereocenters. The van der Waals surface area contributed by atoms with Gasteiger partial charge in [0.1, 0.15) is 6.04 Å². The summed E-state index contributed by atoms with van der Waals surface area (Å²) in [4.78, 5) is 9.57. The molecule has 0 saturated carbocycles. The van der Waals surface area contributed by atoms with Crippen LogP contribution < -0.4 is 5.73 Å². The van der Waals surface area contributed by atoms with Crippen molar-refractivity contribution in [3.05, 3.63) is 0 Å². The second kappa shape index (κ2) is 16.4. The van der Waals surface area contributed by atoms with Crippen LogP contribution in [0.1, 0.15) is 85.0 Å². The van der Waals surface area contributed by atoms with E-state index in [4.69, 9.17) is 10.8 Å². The van der Waals surface area contributed by atoms with E-state index in [0.717, 1.165) is 0 Å². The van der Waals surface area contributed by atoms with Gasteiger partial charge in [0.15, 0.2) is 0 Å². The van der Waals surface area contributed by atoms with Gasteiger partial charge in [-0.05, 0) is 6.92 Å². The first kappa shape index (κ1) is 19.8. The maximum atomic E-state index is 9.57. The van der Waals surface area contributed by atoms with Gasteiger partial charge >= 0.3 is 5.97 Å². The molecule has 0 aliphatic heterocycles. The molecule has 0 rings (SSSR count). The molecule has 0 saturated heterocycles. The molecule has 1 unspecified atom stereocenters. The molecule has 0 aliphatic rings. The molecule has 0 heterocycles. The van der Waals surface area contributed by atoms with E-state index in [1.165, 1.54) is 71.1 Å². The van der Waals surface area contributed by atoms with E-state index in [1.807, 2.05) is 0 Å². The summed E-state index contributed by atoms with van der Waals surface area (Å²) in [5.74, 6) is -0.963. The predicted octanol–water partition coefficient (Wildman–Crippen LogP) is 4.35. The van der Waals surface area contributed by atoms with Gasteiger partial charge in [0.25, 0.3) is 0 Å². The quantitative estimate of drug-likeness (QED) is 0.573. The molecular weight excluding hydrogens is 226 g/mol. The van der Waals surface area contributed by atoms with Gasteiger partial charge in [-0.3, -0.25) is 4.79 Å². The van der Waals surface area contributed by atoms with Gasteiger partial charge in [0.2, 0.25) is 0 Å². The van der Waals surface area contributed by atoms with Gasteiger partial charge in [0.05, 0.1) is 0 Å². The van der Waals surface area contributed by atoms with Crippen LogP contribution in [0.25, 0.3) is 0 Å². The van der Waals surface area contributed by atoms with Crippen LogP contribution in [0.2, 0.25) is 0 Å². The Morgan fingerprint density at radius 1 is 0.889 bits per heavy atom. The van der Waals surface area contributed by atoms with Crippen LogP contribution in [0.5, 0.6) is 0 Å². The summed E-state index contributed by atoms with van der Waals surface area (Å²) in [6, 6.07) is -0.731. The minimum absolute atomic E-state index is 0.731. The largest absolute Gasteiger partial charge is 0.480 e. The fourth-order valence-electron chi connectivity index (χ4n) is 1.56. The lowest BCUT2D eigenvalue weighted by molar-refractivity contribution is -0.138. The first-order valence-electron chi connectivity index (χ1n) is 7.54. The van der Waals surface area contributed by atoms with Crippen molar-refractivity contribution in [1.29, 1.82) is 0 Å². The number of carboxylic acids is 1. The number of nitrogens with two attached hydrogens (primary N) is 1. The summed E-state index contributed by atoms with van der Waals surface area (Å²) < 4.78 is 0. The fourth-order valence-corrected chi connectivity index (χ4v) is 1.56.